The van der Waals surface area contributed by atoms with Crippen LogP contribution in [0.3, 0.4) is 0 Å². The third-order valence-corrected chi connectivity index (χ3v) is 7.35. The number of carbonyl (C=O) groups is 4. The minimum atomic E-state index is -0.691. The molecule has 13 nitrogen and oxygen atoms in total. The SMILES string of the molecule is CCCNC(=O)COc1ccc2c(C(=O)NCC(=O)N3CCC[C@H]3C(=N)C(=O)NCc3ccc(OC)c(OC)c3)ccnc2c1. The monoisotopic (exact) mass is 618 g/mol. The van der Waals surface area contributed by atoms with Crippen LogP contribution in [0.15, 0.2) is 48.7 Å². The molecule has 0 unspecified atom stereocenters. The molecular weight excluding hydrogens is 580 g/mol. The molecule has 1 aliphatic heterocycles. The average Bonchev–Trinajstić information content (AvgIpc) is 3.56. The molecule has 0 aliphatic carbocycles. The van der Waals surface area contributed by atoms with Crippen LogP contribution < -0.4 is 30.2 Å². The van der Waals surface area contributed by atoms with Crippen molar-refractivity contribution in [3.8, 4) is 17.2 Å². The largest absolute Gasteiger partial charge is 0.493 e. The Morgan fingerprint density at radius 1 is 1.00 bits per heavy atom. The van der Waals surface area contributed by atoms with Gasteiger partial charge in [-0.3, -0.25) is 29.6 Å². The maximum absolute atomic E-state index is 13.1. The van der Waals surface area contributed by atoms with Crippen LogP contribution in [0.5, 0.6) is 17.2 Å². The second kappa shape index (κ2) is 15.5. The van der Waals surface area contributed by atoms with Gasteiger partial charge in [0.2, 0.25) is 5.91 Å². The Balaban J connectivity index is 1.32. The molecule has 238 valence electrons. The number of fused-ring (bicyclic) bond motifs is 1. The van der Waals surface area contributed by atoms with Crippen LogP contribution in [0.4, 0.5) is 0 Å². The highest BCUT2D eigenvalue weighted by Gasteiger charge is 2.34. The highest BCUT2D eigenvalue weighted by Crippen LogP contribution is 2.27. The number of likely N-dealkylation sites (tertiary alicyclic amines) is 1. The Morgan fingerprint density at radius 3 is 2.56 bits per heavy atom. The van der Waals surface area contributed by atoms with Gasteiger partial charge >= 0.3 is 0 Å². The number of benzene rings is 2. The molecule has 1 aromatic heterocycles. The Morgan fingerprint density at radius 2 is 1.80 bits per heavy atom. The number of rotatable bonds is 14. The summed E-state index contributed by atoms with van der Waals surface area (Å²) in [6, 6.07) is 11.1. The number of methoxy groups -OCH3 is 2. The summed E-state index contributed by atoms with van der Waals surface area (Å²) in [5.74, 6) is -0.144. The average molecular weight is 619 g/mol. The molecule has 2 heterocycles. The van der Waals surface area contributed by atoms with Crippen molar-refractivity contribution in [2.75, 3.05) is 40.5 Å². The molecule has 45 heavy (non-hydrogen) atoms. The summed E-state index contributed by atoms with van der Waals surface area (Å²) < 4.78 is 16.1. The van der Waals surface area contributed by atoms with E-state index in [4.69, 9.17) is 19.6 Å². The number of ether oxygens (including phenoxy) is 3. The molecule has 4 rings (SSSR count). The quantitative estimate of drug-likeness (QED) is 0.199. The summed E-state index contributed by atoms with van der Waals surface area (Å²) in [5.41, 5.74) is 1.36. The molecule has 3 aromatic rings. The number of nitrogens with zero attached hydrogens (tertiary/aromatic N) is 2. The minimum absolute atomic E-state index is 0.137. The fraction of sp³-hybridized carbons (Fsp3) is 0.375. The third kappa shape index (κ3) is 8.25. The lowest BCUT2D eigenvalue weighted by atomic mass is 10.1. The Bertz CT molecular complexity index is 1580. The minimum Gasteiger partial charge on any atom is -0.493 e. The Kier molecular flexibility index (Phi) is 11.3. The van der Waals surface area contributed by atoms with Crippen LogP contribution in [-0.4, -0.2) is 85.7 Å². The van der Waals surface area contributed by atoms with E-state index in [-0.39, 0.29) is 31.3 Å². The lowest BCUT2D eigenvalue weighted by molar-refractivity contribution is -0.130. The standard InChI is InChI=1S/C32H38N6O7/c1-4-12-35-28(39)19-45-21-8-9-22-23(11-13-34-24(22)16-21)31(41)37-18-29(40)38-14-5-6-25(38)30(33)32(42)36-17-20-7-10-26(43-2)27(15-20)44-3/h7-11,13,15-16,25,33H,4-6,12,14,17-19H2,1-3H3,(H,35,39)(H,36,42)(H,37,41)/t25-/m0/s1. The van der Waals surface area contributed by atoms with E-state index in [1.165, 1.54) is 25.3 Å². The van der Waals surface area contributed by atoms with Crippen LogP contribution in [0.25, 0.3) is 10.9 Å². The topological polar surface area (TPSA) is 172 Å². The predicted molar refractivity (Wildman–Crippen MR) is 167 cm³/mol. The van der Waals surface area contributed by atoms with Gasteiger partial charge in [0, 0.05) is 37.3 Å². The molecule has 4 N–H and O–H groups in total. The van der Waals surface area contributed by atoms with Crippen LogP contribution in [-0.2, 0) is 20.9 Å². The van der Waals surface area contributed by atoms with Gasteiger partial charge in [0.05, 0.1) is 37.9 Å². The smallest absolute Gasteiger partial charge is 0.267 e. The van der Waals surface area contributed by atoms with Crippen molar-refractivity contribution in [2.24, 2.45) is 0 Å². The van der Waals surface area contributed by atoms with Crippen molar-refractivity contribution >= 4 is 40.2 Å². The highest BCUT2D eigenvalue weighted by molar-refractivity contribution is 6.39. The highest BCUT2D eigenvalue weighted by atomic mass is 16.5. The zero-order valence-corrected chi connectivity index (χ0v) is 25.6. The van der Waals surface area contributed by atoms with Crippen LogP contribution in [0.2, 0.25) is 0 Å². The number of hydrogen-bond acceptors (Lipinski definition) is 9. The molecule has 2 aromatic carbocycles. The van der Waals surface area contributed by atoms with Crippen molar-refractivity contribution < 1.29 is 33.4 Å². The Labute approximate surface area is 261 Å². The zero-order valence-electron chi connectivity index (χ0n) is 25.6. The number of carbonyl (C=O) groups excluding carboxylic acids is 4. The molecule has 0 spiro atoms. The van der Waals surface area contributed by atoms with Gasteiger partial charge in [-0.2, -0.15) is 0 Å². The van der Waals surface area contributed by atoms with Crippen molar-refractivity contribution in [3.63, 3.8) is 0 Å². The molecule has 0 radical (unpaired) electrons. The zero-order chi connectivity index (χ0) is 32.3. The molecule has 13 heteroatoms. The van der Waals surface area contributed by atoms with Gasteiger partial charge in [0.25, 0.3) is 17.7 Å². The predicted octanol–water partition coefficient (Wildman–Crippen LogP) is 2.21. The second-order valence-electron chi connectivity index (χ2n) is 10.4. The summed E-state index contributed by atoms with van der Waals surface area (Å²) in [5, 5.41) is 17.2. The van der Waals surface area contributed by atoms with E-state index in [0.717, 1.165) is 12.0 Å². The summed E-state index contributed by atoms with van der Waals surface area (Å²) in [6.45, 7) is 2.64. The van der Waals surface area contributed by atoms with E-state index in [0.29, 0.717) is 59.6 Å². The van der Waals surface area contributed by atoms with Gasteiger partial charge in [-0.1, -0.05) is 13.0 Å². The third-order valence-electron chi connectivity index (χ3n) is 7.35. The first-order valence-corrected chi connectivity index (χ1v) is 14.7. The summed E-state index contributed by atoms with van der Waals surface area (Å²) >= 11 is 0. The summed E-state index contributed by atoms with van der Waals surface area (Å²) in [4.78, 5) is 56.7. The van der Waals surface area contributed by atoms with Crippen LogP contribution in [0.1, 0.15) is 42.1 Å². The summed E-state index contributed by atoms with van der Waals surface area (Å²) in [7, 11) is 3.06. The number of nitrogens with one attached hydrogen (secondary N) is 4. The number of hydrogen-bond donors (Lipinski definition) is 4. The van der Waals surface area contributed by atoms with E-state index >= 15 is 0 Å². The van der Waals surface area contributed by atoms with Gasteiger partial charge in [-0.15, -0.1) is 0 Å². The van der Waals surface area contributed by atoms with E-state index < -0.39 is 23.8 Å². The van der Waals surface area contributed by atoms with Crippen molar-refractivity contribution in [1.82, 2.24) is 25.8 Å². The molecule has 0 bridgehead atoms. The molecule has 0 saturated carbocycles. The first kappa shape index (κ1) is 32.7. The van der Waals surface area contributed by atoms with E-state index in [1.807, 2.05) is 6.92 Å². The second-order valence-corrected chi connectivity index (χ2v) is 10.4. The molecule has 4 amide bonds. The van der Waals surface area contributed by atoms with Crippen LogP contribution in [0, 0.1) is 5.41 Å². The van der Waals surface area contributed by atoms with E-state index in [9.17, 15) is 19.2 Å². The fourth-order valence-electron chi connectivity index (χ4n) is 5.02. The maximum Gasteiger partial charge on any atom is 0.267 e. The lowest BCUT2D eigenvalue weighted by Crippen LogP contribution is -2.49. The molecular formula is C32H38N6O7. The Hall–Kier alpha value is -5.20. The lowest BCUT2D eigenvalue weighted by Gasteiger charge is -2.25. The van der Waals surface area contributed by atoms with Crippen molar-refractivity contribution in [1.29, 1.82) is 5.41 Å². The van der Waals surface area contributed by atoms with Gasteiger partial charge in [-0.05, 0) is 55.2 Å². The van der Waals surface area contributed by atoms with Gasteiger partial charge in [0.15, 0.2) is 18.1 Å². The number of aromatic nitrogens is 1. The summed E-state index contributed by atoms with van der Waals surface area (Å²) in [6.07, 6.45) is 3.41. The molecule has 1 aliphatic rings. The molecule has 1 saturated heterocycles. The number of amides is 4. The van der Waals surface area contributed by atoms with Gasteiger partial charge in [-0.25, -0.2) is 0 Å². The first-order valence-electron chi connectivity index (χ1n) is 14.7. The molecule has 1 atom stereocenters. The fourth-order valence-corrected chi connectivity index (χ4v) is 5.02. The number of pyridine rings is 1. The first-order chi connectivity index (χ1) is 21.7. The van der Waals surface area contributed by atoms with Crippen LogP contribution >= 0.6 is 0 Å². The van der Waals surface area contributed by atoms with Gasteiger partial charge < -0.3 is 35.1 Å². The van der Waals surface area contributed by atoms with Gasteiger partial charge in [0.1, 0.15) is 11.5 Å². The molecule has 1 fully saturated rings. The van der Waals surface area contributed by atoms with Crippen molar-refractivity contribution in [2.45, 2.75) is 38.8 Å². The normalized spacial score (nSPS) is 14.0. The van der Waals surface area contributed by atoms with E-state index in [1.54, 1.807) is 42.5 Å². The van der Waals surface area contributed by atoms with E-state index in [2.05, 4.69) is 20.9 Å². The van der Waals surface area contributed by atoms with Crippen molar-refractivity contribution in [3.05, 3.63) is 59.8 Å². The maximum atomic E-state index is 13.1.